The van der Waals surface area contributed by atoms with Crippen molar-refractivity contribution in [3.05, 3.63) is 51.9 Å². The number of carbonyl (C=O) groups is 2. The molecule has 0 saturated heterocycles. The van der Waals surface area contributed by atoms with Crippen molar-refractivity contribution in [1.29, 1.82) is 0 Å². The normalized spacial score (nSPS) is 12.0. The SMILES string of the molecule is CCNC(=O)[C@H](C)NC(=O)Cn1cnc2scc(-c3ccc(C)cc3)c2c1=O. The van der Waals surface area contributed by atoms with Gasteiger partial charge in [-0.25, -0.2) is 4.98 Å². The first-order valence-corrected chi connectivity index (χ1v) is 9.89. The van der Waals surface area contributed by atoms with E-state index in [1.165, 1.54) is 22.2 Å². The summed E-state index contributed by atoms with van der Waals surface area (Å²) in [6.45, 7) is 5.69. The average molecular weight is 398 g/mol. The maximum atomic E-state index is 13.0. The van der Waals surface area contributed by atoms with E-state index in [4.69, 9.17) is 0 Å². The number of fused-ring (bicyclic) bond motifs is 1. The third kappa shape index (κ3) is 4.12. The highest BCUT2D eigenvalue weighted by molar-refractivity contribution is 7.17. The van der Waals surface area contributed by atoms with Gasteiger partial charge in [0.2, 0.25) is 11.8 Å². The van der Waals surface area contributed by atoms with Gasteiger partial charge in [0.05, 0.1) is 11.7 Å². The minimum atomic E-state index is -0.677. The summed E-state index contributed by atoms with van der Waals surface area (Å²) in [5.74, 6) is -0.689. The summed E-state index contributed by atoms with van der Waals surface area (Å²) in [6.07, 6.45) is 1.37. The lowest BCUT2D eigenvalue weighted by Crippen LogP contribution is -2.46. The molecule has 0 aliphatic rings. The number of aryl methyl sites for hydroxylation is 1. The summed E-state index contributed by atoms with van der Waals surface area (Å²) < 4.78 is 1.27. The number of amides is 2. The first-order valence-electron chi connectivity index (χ1n) is 9.01. The van der Waals surface area contributed by atoms with E-state index in [0.29, 0.717) is 16.8 Å². The Kier molecular flexibility index (Phi) is 5.89. The van der Waals surface area contributed by atoms with Gasteiger partial charge in [0.1, 0.15) is 17.4 Å². The number of likely N-dealkylation sites (N-methyl/N-ethyl adjacent to an activating group) is 1. The Morgan fingerprint density at radius 2 is 1.96 bits per heavy atom. The largest absolute Gasteiger partial charge is 0.355 e. The molecule has 0 spiro atoms. The van der Waals surface area contributed by atoms with Gasteiger partial charge in [-0.1, -0.05) is 29.8 Å². The van der Waals surface area contributed by atoms with Gasteiger partial charge in [0.15, 0.2) is 0 Å². The smallest absolute Gasteiger partial charge is 0.263 e. The lowest BCUT2D eigenvalue weighted by atomic mass is 10.1. The molecule has 0 radical (unpaired) electrons. The Hall–Kier alpha value is -3.00. The minimum Gasteiger partial charge on any atom is -0.355 e. The zero-order valence-electron chi connectivity index (χ0n) is 16.0. The zero-order chi connectivity index (χ0) is 20.3. The predicted molar refractivity (Wildman–Crippen MR) is 110 cm³/mol. The Labute approximate surface area is 166 Å². The number of rotatable bonds is 6. The predicted octanol–water partition coefficient (Wildman–Crippen LogP) is 2.07. The Bertz CT molecular complexity index is 1070. The molecule has 0 aliphatic carbocycles. The van der Waals surface area contributed by atoms with E-state index in [9.17, 15) is 14.4 Å². The van der Waals surface area contributed by atoms with Gasteiger partial charge in [-0.15, -0.1) is 11.3 Å². The van der Waals surface area contributed by atoms with Crippen LogP contribution in [0.3, 0.4) is 0 Å². The highest BCUT2D eigenvalue weighted by atomic mass is 32.1. The number of nitrogens with zero attached hydrogens (tertiary/aromatic N) is 2. The molecule has 1 atom stereocenters. The molecule has 2 amide bonds. The molecule has 146 valence electrons. The fourth-order valence-corrected chi connectivity index (χ4v) is 3.77. The van der Waals surface area contributed by atoms with Gasteiger partial charge in [0, 0.05) is 17.5 Å². The van der Waals surface area contributed by atoms with Crippen molar-refractivity contribution < 1.29 is 9.59 Å². The van der Waals surface area contributed by atoms with Crippen molar-refractivity contribution in [1.82, 2.24) is 20.2 Å². The van der Waals surface area contributed by atoms with Crippen LogP contribution in [0, 0.1) is 6.92 Å². The second-order valence-electron chi connectivity index (χ2n) is 6.56. The van der Waals surface area contributed by atoms with E-state index < -0.39 is 11.9 Å². The van der Waals surface area contributed by atoms with Crippen LogP contribution < -0.4 is 16.2 Å². The summed E-state index contributed by atoms with van der Waals surface area (Å²) in [7, 11) is 0. The molecule has 2 N–H and O–H groups in total. The van der Waals surface area contributed by atoms with E-state index >= 15 is 0 Å². The van der Waals surface area contributed by atoms with Gasteiger partial charge in [-0.05, 0) is 26.3 Å². The number of thiophene rings is 1. The third-order valence-corrected chi connectivity index (χ3v) is 5.25. The molecule has 0 fully saturated rings. The maximum Gasteiger partial charge on any atom is 0.263 e. The molecule has 3 rings (SSSR count). The second-order valence-corrected chi connectivity index (χ2v) is 7.42. The topological polar surface area (TPSA) is 93.1 Å². The highest BCUT2D eigenvalue weighted by Crippen LogP contribution is 2.30. The van der Waals surface area contributed by atoms with Crippen LogP contribution in [-0.2, 0) is 16.1 Å². The van der Waals surface area contributed by atoms with Crippen LogP contribution in [0.4, 0.5) is 0 Å². The van der Waals surface area contributed by atoms with Crippen molar-refractivity contribution >= 4 is 33.4 Å². The van der Waals surface area contributed by atoms with Gasteiger partial charge < -0.3 is 10.6 Å². The maximum absolute atomic E-state index is 13.0. The van der Waals surface area contributed by atoms with Gasteiger partial charge >= 0.3 is 0 Å². The monoisotopic (exact) mass is 398 g/mol. The number of hydrogen-bond acceptors (Lipinski definition) is 5. The van der Waals surface area contributed by atoms with Crippen molar-refractivity contribution in [2.75, 3.05) is 6.54 Å². The molecular weight excluding hydrogens is 376 g/mol. The van der Waals surface area contributed by atoms with Gasteiger partial charge in [0.25, 0.3) is 5.56 Å². The fraction of sp³-hybridized carbons (Fsp3) is 0.300. The van der Waals surface area contributed by atoms with E-state index in [2.05, 4.69) is 15.6 Å². The van der Waals surface area contributed by atoms with Crippen molar-refractivity contribution in [3.63, 3.8) is 0 Å². The summed E-state index contributed by atoms with van der Waals surface area (Å²) in [5.41, 5.74) is 2.60. The van der Waals surface area contributed by atoms with Gasteiger partial charge in [-0.3, -0.25) is 19.0 Å². The first-order chi connectivity index (χ1) is 13.4. The number of nitrogens with one attached hydrogen (secondary N) is 2. The molecule has 2 aromatic heterocycles. The van der Waals surface area contributed by atoms with Crippen LogP contribution in [-0.4, -0.2) is 34.0 Å². The number of aromatic nitrogens is 2. The van der Waals surface area contributed by atoms with Crippen molar-refractivity contribution in [2.24, 2.45) is 0 Å². The molecule has 2 heterocycles. The third-order valence-electron chi connectivity index (χ3n) is 4.36. The van der Waals surface area contributed by atoms with Crippen LogP contribution in [0.25, 0.3) is 21.3 Å². The standard InChI is InChI=1S/C20H22N4O3S/c1-4-21-18(26)13(3)23-16(25)9-24-11-22-19-17(20(24)27)15(10-28-19)14-7-5-12(2)6-8-14/h5-8,10-11,13H,4,9H2,1-3H3,(H,21,26)(H,23,25)/t13-/m0/s1. The van der Waals surface area contributed by atoms with E-state index in [1.54, 1.807) is 13.8 Å². The summed E-state index contributed by atoms with van der Waals surface area (Å²) in [4.78, 5) is 42.0. The van der Waals surface area contributed by atoms with E-state index in [-0.39, 0.29) is 18.0 Å². The van der Waals surface area contributed by atoms with Crippen LogP contribution in [0.2, 0.25) is 0 Å². The zero-order valence-corrected chi connectivity index (χ0v) is 16.8. The molecule has 3 aromatic rings. The first kappa shape index (κ1) is 19.8. The minimum absolute atomic E-state index is 0.200. The molecule has 0 aliphatic heterocycles. The molecule has 0 bridgehead atoms. The molecule has 1 aromatic carbocycles. The molecule has 0 unspecified atom stereocenters. The van der Waals surface area contributed by atoms with Crippen molar-refractivity contribution in [3.8, 4) is 11.1 Å². The quantitative estimate of drug-likeness (QED) is 0.665. The molecule has 28 heavy (non-hydrogen) atoms. The Morgan fingerprint density at radius 3 is 2.64 bits per heavy atom. The average Bonchev–Trinajstić information content (AvgIpc) is 3.09. The van der Waals surface area contributed by atoms with Crippen LogP contribution >= 0.6 is 11.3 Å². The molecular formula is C20H22N4O3S. The Morgan fingerprint density at radius 1 is 1.25 bits per heavy atom. The number of hydrogen-bond donors (Lipinski definition) is 2. The lowest BCUT2D eigenvalue weighted by molar-refractivity contribution is -0.128. The molecule has 8 heteroatoms. The molecule has 0 saturated carbocycles. The fourth-order valence-electron chi connectivity index (χ4n) is 2.86. The Balaban J connectivity index is 1.87. The number of benzene rings is 1. The van der Waals surface area contributed by atoms with E-state index in [1.807, 2.05) is 36.6 Å². The van der Waals surface area contributed by atoms with E-state index in [0.717, 1.165) is 16.7 Å². The van der Waals surface area contributed by atoms with Crippen molar-refractivity contribution in [2.45, 2.75) is 33.4 Å². The second kappa shape index (κ2) is 8.35. The van der Waals surface area contributed by atoms with Gasteiger partial charge in [-0.2, -0.15) is 0 Å². The van der Waals surface area contributed by atoms with Crippen LogP contribution in [0.5, 0.6) is 0 Å². The molecule has 7 nitrogen and oxygen atoms in total. The summed E-state index contributed by atoms with van der Waals surface area (Å²) in [5, 5.41) is 7.65. The summed E-state index contributed by atoms with van der Waals surface area (Å²) >= 11 is 1.40. The lowest BCUT2D eigenvalue weighted by Gasteiger charge is -2.14. The van der Waals surface area contributed by atoms with Crippen LogP contribution in [0.15, 0.2) is 40.8 Å². The summed E-state index contributed by atoms with van der Waals surface area (Å²) in [6, 6.07) is 7.24. The van der Waals surface area contributed by atoms with Crippen LogP contribution in [0.1, 0.15) is 19.4 Å². The highest BCUT2D eigenvalue weighted by Gasteiger charge is 2.17. The number of carbonyl (C=O) groups excluding carboxylic acids is 2.